The van der Waals surface area contributed by atoms with E-state index in [1.807, 2.05) is 50.4 Å². The predicted octanol–water partition coefficient (Wildman–Crippen LogP) is 4.10. The fraction of sp³-hybridized carbons (Fsp3) is 0.318. The zero-order valence-corrected chi connectivity index (χ0v) is 17.6. The average Bonchev–Trinajstić information content (AvgIpc) is 2.72. The first-order chi connectivity index (χ1) is 14.4. The molecule has 0 unspecified atom stereocenters. The lowest BCUT2D eigenvalue weighted by atomic mass is 10.0. The summed E-state index contributed by atoms with van der Waals surface area (Å²) in [5.74, 6) is -0.286. The molecule has 2 aliphatic heterocycles. The van der Waals surface area contributed by atoms with E-state index < -0.39 is 6.03 Å². The van der Waals surface area contributed by atoms with Gasteiger partial charge in [0.25, 0.3) is 0 Å². The highest BCUT2D eigenvalue weighted by molar-refractivity contribution is 6.36. The van der Waals surface area contributed by atoms with Crippen LogP contribution in [-0.4, -0.2) is 49.0 Å². The van der Waals surface area contributed by atoms with Crippen LogP contribution in [-0.2, 0) is 4.79 Å². The largest absolute Gasteiger partial charge is 0.328 e. The molecule has 2 fully saturated rings. The monoisotopic (exact) mass is 426 g/mol. The molecule has 0 aromatic heterocycles. The predicted molar refractivity (Wildman–Crippen MR) is 117 cm³/mol. The molecule has 2 heterocycles. The van der Waals surface area contributed by atoms with E-state index in [0.717, 1.165) is 29.8 Å². The number of nitrogens with zero attached hydrogens (tertiary/aromatic N) is 3. The molecule has 2 saturated heterocycles. The van der Waals surface area contributed by atoms with E-state index in [-0.39, 0.29) is 30.9 Å². The standard InChI is InChI=1S/C22H23ClN4O3/c1-14-10-12-25(2)22(30)27(14)16-8-6-15(7-9-16)17-4-3-5-18(20(17)23)26-13-11-19(28)24-21(26)29/h3-9,14H,10-13H2,1-2H3,(H,24,28,29)/t14-/m0/s1. The molecule has 30 heavy (non-hydrogen) atoms. The van der Waals surface area contributed by atoms with Crippen molar-refractivity contribution in [1.29, 1.82) is 0 Å². The Hall–Kier alpha value is -3.06. The van der Waals surface area contributed by atoms with Crippen molar-refractivity contribution < 1.29 is 14.4 Å². The minimum atomic E-state index is -0.470. The summed E-state index contributed by atoms with van der Waals surface area (Å²) in [5.41, 5.74) is 3.05. The summed E-state index contributed by atoms with van der Waals surface area (Å²) in [6.45, 7) is 3.09. The van der Waals surface area contributed by atoms with Crippen molar-refractivity contribution in [2.45, 2.75) is 25.8 Å². The normalized spacial score (nSPS) is 19.9. The van der Waals surface area contributed by atoms with Gasteiger partial charge in [-0.2, -0.15) is 0 Å². The molecule has 1 atom stereocenters. The van der Waals surface area contributed by atoms with Crippen LogP contribution in [0.15, 0.2) is 42.5 Å². The molecule has 1 N–H and O–H groups in total. The topological polar surface area (TPSA) is 73.0 Å². The Morgan fingerprint density at radius 1 is 1.03 bits per heavy atom. The zero-order valence-electron chi connectivity index (χ0n) is 16.9. The van der Waals surface area contributed by atoms with E-state index in [0.29, 0.717) is 10.7 Å². The molecule has 2 aromatic rings. The van der Waals surface area contributed by atoms with E-state index in [9.17, 15) is 14.4 Å². The molecule has 0 aliphatic carbocycles. The van der Waals surface area contributed by atoms with Crippen LogP contribution in [0, 0.1) is 0 Å². The van der Waals surface area contributed by atoms with E-state index >= 15 is 0 Å². The molecule has 0 spiro atoms. The first-order valence-corrected chi connectivity index (χ1v) is 10.3. The van der Waals surface area contributed by atoms with Crippen LogP contribution in [0.4, 0.5) is 21.0 Å². The number of imide groups is 1. The van der Waals surface area contributed by atoms with Gasteiger partial charge in [-0.1, -0.05) is 35.9 Å². The molecule has 4 rings (SSSR count). The highest BCUT2D eigenvalue weighted by Crippen LogP contribution is 2.37. The minimum Gasteiger partial charge on any atom is -0.327 e. The van der Waals surface area contributed by atoms with Gasteiger partial charge in [-0.25, -0.2) is 9.59 Å². The van der Waals surface area contributed by atoms with Gasteiger partial charge in [0.2, 0.25) is 5.91 Å². The molecule has 2 aliphatic rings. The van der Waals surface area contributed by atoms with Crippen LogP contribution >= 0.6 is 11.6 Å². The van der Waals surface area contributed by atoms with Crippen molar-refractivity contribution in [3.05, 3.63) is 47.5 Å². The van der Waals surface area contributed by atoms with Crippen molar-refractivity contribution in [3.63, 3.8) is 0 Å². The van der Waals surface area contributed by atoms with E-state index in [1.165, 1.54) is 4.90 Å². The molecule has 0 saturated carbocycles. The van der Waals surface area contributed by atoms with Crippen LogP contribution in [0.1, 0.15) is 19.8 Å². The summed E-state index contributed by atoms with van der Waals surface area (Å²) in [6.07, 6.45) is 1.15. The van der Waals surface area contributed by atoms with Gasteiger partial charge in [-0.3, -0.25) is 19.9 Å². The quantitative estimate of drug-likeness (QED) is 0.802. The first-order valence-electron chi connectivity index (χ1n) is 9.91. The maximum absolute atomic E-state index is 12.6. The van der Waals surface area contributed by atoms with Crippen molar-refractivity contribution >= 4 is 40.9 Å². The van der Waals surface area contributed by atoms with E-state index in [1.54, 1.807) is 15.9 Å². The van der Waals surface area contributed by atoms with Crippen molar-refractivity contribution in [2.24, 2.45) is 0 Å². The molecule has 0 bridgehead atoms. The van der Waals surface area contributed by atoms with Gasteiger partial charge in [-0.15, -0.1) is 0 Å². The lowest BCUT2D eigenvalue weighted by Gasteiger charge is -2.38. The van der Waals surface area contributed by atoms with Gasteiger partial charge in [0, 0.05) is 43.9 Å². The smallest absolute Gasteiger partial charge is 0.327 e. The maximum Gasteiger partial charge on any atom is 0.328 e. The van der Waals surface area contributed by atoms with Crippen molar-refractivity contribution in [3.8, 4) is 11.1 Å². The first kappa shape index (κ1) is 20.2. The second-order valence-electron chi connectivity index (χ2n) is 7.65. The Morgan fingerprint density at radius 3 is 2.47 bits per heavy atom. The second-order valence-corrected chi connectivity index (χ2v) is 8.03. The Labute approximate surface area is 180 Å². The molecule has 0 radical (unpaired) electrons. The molecular weight excluding hydrogens is 404 g/mol. The minimum absolute atomic E-state index is 0.00723. The van der Waals surface area contributed by atoms with E-state index in [4.69, 9.17) is 11.6 Å². The third-order valence-corrected chi connectivity index (χ3v) is 6.03. The Bertz CT molecular complexity index is 1010. The molecular formula is C22H23ClN4O3. The summed E-state index contributed by atoms with van der Waals surface area (Å²) < 4.78 is 0. The van der Waals surface area contributed by atoms with Crippen LogP contribution < -0.4 is 15.1 Å². The summed E-state index contributed by atoms with van der Waals surface area (Å²) >= 11 is 6.65. The van der Waals surface area contributed by atoms with Gasteiger partial charge in [0.05, 0.1) is 10.7 Å². The number of hydrogen-bond acceptors (Lipinski definition) is 3. The SMILES string of the molecule is C[C@H]1CCN(C)C(=O)N1c1ccc(-c2cccc(N3CCC(=O)NC3=O)c2Cl)cc1. The molecule has 7 nitrogen and oxygen atoms in total. The zero-order chi connectivity index (χ0) is 21.4. The van der Waals surface area contributed by atoms with Crippen molar-refractivity contribution in [1.82, 2.24) is 10.2 Å². The summed E-state index contributed by atoms with van der Waals surface area (Å²) in [6, 6.07) is 12.8. The number of halogens is 1. The Kier molecular flexibility index (Phi) is 5.39. The maximum atomic E-state index is 12.6. The number of nitrogens with one attached hydrogen (secondary N) is 1. The lowest BCUT2D eigenvalue weighted by molar-refractivity contribution is -0.120. The fourth-order valence-corrected chi connectivity index (χ4v) is 4.23. The second kappa shape index (κ2) is 7.99. The van der Waals surface area contributed by atoms with Gasteiger partial charge < -0.3 is 4.90 Å². The lowest BCUT2D eigenvalue weighted by Crippen LogP contribution is -2.52. The molecule has 156 valence electrons. The number of carbonyl (C=O) groups is 3. The summed E-state index contributed by atoms with van der Waals surface area (Å²) in [4.78, 5) is 41.2. The van der Waals surface area contributed by atoms with Crippen LogP contribution in [0.5, 0.6) is 0 Å². The van der Waals surface area contributed by atoms with Gasteiger partial charge >= 0.3 is 12.1 Å². The molecule has 2 aromatic carbocycles. The number of amides is 5. The number of carbonyl (C=O) groups excluding carboxylic acids is 3. The molecule has 8 heteroatoms. The van der Waals surface area contributed by atoms with Gasteiger partial charge in [-0.05, 0) is 37.1 Å². The molecule has 5 amide bonds. The number of hydrogen-bond donors (Lipinski definition) is 1. The van der Waals surface area contributed by atoms with Crippen LogP contribution in [0.25, 0.3) is 11.1 Å². The number of urea groups is 2. The van der Waals surface area contributed by atoms with Crippen molar-refractivity contribution in [2.75, 3.05) is 29.9 Å². The number of anilines is 2. The highest BCUT2D eigenvalue weighted by Gasteiger charge is 2.30. The highest BCUT2D eigenvalue weighted by atomic mass is 35.5. The van der Waals surface area contributed by atoms with Gasteiger partial charge in [0.15, 0.2) is 0 Å². The third kappa shape index (κ3) is 3.61. The average molecular weight is 427 g/mol. The van der Waals surface area contributed by atoms with Gasteiger partial charge in [0.1, 0.15) is 0 Å². The third-order valence-electron chi connectivity index (χ3n) is 5.64. The number of rotatable bonds is 3. The Balaban J connectivity index is 1.63. The Morgan fingerprint density at radius 2 is 1.77 bits per heavy atom. The fourth-order valence-electron chi connectivity index (χ4n) is 3.89. The van der Waals surface area contributed by atoms with Crippen LogP contribution in [0.3, 0.4) is 0 Å². The summed E-state index contributed by atoms with van der Waals surface area (Å²) in [7, 11) is 1.81. The number of benzene rings is 2. The van der Waals surface area contributed by atoms with E-state index in [2.05, 4.69) is 5.32 Å². The summed E-state index contributed by atoms with van der Waals surface area (Å²) in [5, 5.41) is 2.76. The van der Waals surface area contributed by atoms with Crippen LogP contribution in [0.2, 0.25) is 5.02 Å².